The lowest BCUT2D eigenvalue weighted by atomic mass is 9.98. The van der Waals surface area contributed by atoms with E-state index >= 15 is 0 Å². The molecule has 2 atom stereocenters. The summed E-state index contributed by atoms with van der Waals surface area (Å²) in [6, 6.07) is 8.12. The summed E-state index contributed by atoms with van der Waals surface area (Å²) in [5, 5.41) is 26.8. The second-order valence-electron chi connectivity index (χ2n) is 4.63. The Hall–Kier alpha value is -1.96. The van der Waals surface area contributed by atoms with E-state index in [1.54, 1.807) is 29.2 Å². The van der Waals surface area contributed by atoms with Crippen molar-refractivity contribution in [3.05, 3.63) is 35.9 Å². The highest BCUT2D eigenvalue weighted by atomic mass is 16.4. The average molecular weight is 296 g/mol. The van der Waals surface area contributed by atoms with Gasteiger partial charge in [0, 0.05) is 13.1 Å². The molecule has 1 fully saturated rings. The molecule has 1 aromatic carbocycles. The lowest BCUT2D eigenvalue weighted by molar-refractivity contribution is -0.150. The standard InChI is InChI=1S/C12H15NO3.C2H5NO2/c14-11(9-5-2-1-3-6-9)10(12(15)16)13-7-4-8-13;3-1-2(4)5/h1-3,5-6,10-11,14H,4,7-8H2,(H,15,16);1,3H2,(H,4,5). The van der Waals surface area contributed by atoms with E-state index in [2.05, 4.69) is 5.73 Å². The molecule has 5 N–H and O–H groups in total. The van der Waals surface area contributed by atoms with Crippen LogP contribution >= 0.6 is 0 Å². The summed E-state index contributed by atoms with van der Waals surface area (Å²) in [7, 11) is 0. The number of aliphatic hydroxyl groups excluding tert-OH is 1. The average Bonchev–Trinajstić information content (AvgIpc) is 2.43. The number of rotatable bonds is 5. The molecular weight excluding hydrogens is 276 g/mol. The maximum atomic E-state index is 11.1. The van der Waals surface area contributed by atoms with Gasteiger partial charge in [-0.25, -0.2) is 0 Å². The van der Waals surface area contributed by atoms with Gasteiger partial charge in [0.15, 0.2) is 0 Å². The van der Waals surface area contributed by atoms with Gasteiger partial charge in [-0.1, -0.05) is 30.3 Å². The predicted octanol–water partition coefficient (Wildman–Crippen LogP) is -0.0914. The second-order valence-corrected chi connectivity index (χ2v) is 4.63. The van der Waals surface area contributed by atoms with Gasteiger partial charge in [0.25, 0.3) is 0 Å². The molecule has 21 heavy (non-hydrogen) atoms. The minimum atomic E-state index is -0.968. The maximum Gasteiger partial charge on any atom is 0.324 e. The highest BCUT2D eigenvalue weighted by Gasteiger charge is 2.36. The fourth-order valence-corrected chi connectivity index (χ4v) is 1.94. The van der Waals surface area contributed by atoms with Crippen molar-refractivity contribution < 1.29 is 24.9 Å². The van der Waals surface area contributed by atoms with E-state index in [1.165, 1.54) is 0 Å². The Balaban J connectivity index is 0.000000383. The third-order valence-corrected chi connectivity index (χ3v) is 3.15. The molecule has 0 amide bonds. The zero-order chi connectivity index (χ0) is 15.8. The summed E-state index contributed by atoms with van der Waals surface area (Å²) < 4.78 is 0. The molecule has 7 nitrogen and oxygen atoms in total. The van der Waals surface area contributed by atoms with Crippen LogP contribution in [0.5, 0.6) is 0 Å². The molecule has 1 heterocycles. The third-order valence-electron chi connectivity index (χ3n) is 3.15. The summed E-state index contributed by atoms with van der Waals surface area (Å²) in [4.78, 5) is 22.2. The third kappa shape index (κ3) is 5.14. The number of benzene rings is 1. The molecule has 1 saturated heterocycles. The van der Waals surface area contributed by atoms with E-state index in [1.807, 2.05) is 6.07 Å². The molecule has 0 radical (unpaired) electrons. The minimum absolute atomic E-state index is 0.278. The minimum Gasteiger partial charge on any atom is -0.480 e. The van der Waals surface area contributed by atoms with Crippen LogP contribution in [0, 0.1) is 0 Å². The van der Waals surface area contributed by atoms with Crippen molar-refractivity contribution in [2.75, 3.05) is 19.6 Å². The lowest BCUT2D eigenvalue weighted by Gasteiger charge is -2.38. The van der Waals surface area contributed by atoms with Crippen molar-refractivity contribution in [1.82, 2.24) is 4.90 Å². The number of hydrogen-bond donors (Lipinski definition) is 4. The summed E-state index contributed by atoms with van der Waals surface area (Å²) in [6.07, 6.45) is 0.0460. The van der Waals surface area contributed by atoms with Crippen molar-refractivity contribution in [2.45, 2.75) is 18.6 Å². The first kappa shape index (κ1) is 17.1. The molecule has 1 aromatic rings. The zero-order valence-electron chi connectivity index (χ0n) is 11.6. The molecule has 0 spiro atoms. The van der Waals surface area contributed by atoms with Gasteiger partial charge < -0.3 is 21.1 Å². The van der Waals surface area contributed by atoms with Crippen molar-refractivity contribution in [2.24, 2.45) is 5.73 Å². The highest BCUT2D eigenvalue weighted by Crippen LogP contribution is 2.24. The number of nitrogens with zero attached hydrogens (tertiary/aromatic N) is 1. The number of aliphatic hydroxyl groups is 1. The molecule has 0 bridgehead atoms. The molecule has 1 aliphatic rings. The first-order valence-corrected chi connectivity index (χ1v) is 6.59. The van der Waals surface area contributed by atoms with Crippen LogP contribution in [-0.4, -0.2) is 57.8 Å². The molecule has 116 valence electrons. The number of likely N-dealkylation sites (tertiary alicyclic amines) is 1. The van der Waals surface area contributed by atoms with Gasteiger partial charge in [-0.2, -0.15) is 0 Å². The molecule has 0 aliphatic carbocycles. The number of carboxylic acids is 2. The first-order chi connectivity index (χ1) is 9.97. The number of hydrogen-bond acceptors (Lipinski definition) is 5. The van der Waals surface area contributed by atoms with Gasteiger partial charge in [-0.15, -0.1) is 0 Å². The topological polar surface area (TPSA) is 124 Å². The lowest BCUT2D eigenvalue weighted by Crippen LogP contribution is -2.51. The van der Waals surface area contributed by atoms with Crippen LogP contribution < -0.4 is 5.73 Å². The van der Waals surface area contributed by atoms with Crippen LogP contribution in [0.2, 0.25) is 0 Å². The Labute approximate surface area is 122 Å². The molecule has 2 unspecified atom stereocenters. The van der Waals surface area contributed by atoms with E-state index in [0.717, 1.165) is 19.5 Å². The zero-order valence-corrected chi connectivity index (χ0v) is 11.6. The number of aliphatic carboxylic acids is 2. The Kier molecular flexibility index (Phi) is 6.80. The van der Waals surface area contributed by atoms with Crippen LogP contribution in [0.25, 0.3) is 0 Å². The van der Waals surface area contributed by atoms with Crippen molar-refractivity contribution in [3.63, 3.8) is 0 Å². The van der Waals surface area contributed by atoms with Gasteiger partial charge in [0.2, 0.25) is 0 Å². The summed E-state index contributed by atoms with van der Waals surface area (Å²) in [5.74, 6) is -1.93. The summed E-state index contributed by atoms with van der Waals surface area (Å²) >= 11 is 0. The number of carbonyl (C=O) groups is 2. The number of carboxylic acid groups (broad SMARTS) is 2. The fourth-order valence-electron chi connectivity index (χ4n) is 1.94. The van der Waals surface area contributed by atoms with E-state index in [4.69, 9.17) is 10.2 Å². The van der Waals surface area contributed by atoms with Crippen molar-refractivity contribution >= 4 is 11.9 Å². The van der Waals surface area contributed by atoms with Gasteiger partial charge in [-0.05, 0) is 12.0 Å². The van der Waals surface area contributed by atoms with Crippen molar-refractivity contribution in [1.29, 1.82) is 0 Å². The van der Waals surface area contributed by atoms with Crippen LogP contribution in [0.3, 0.4) is 0 Å². The number of nitrogens with two attached hydrogens (primary N) is 1. The van der Waals surface area contributed by atoms with Gasteiger partial charge in [0.05, 0.1) is 6.54 Å². The second kappa shape index (κ2) is 8.35. The maximum absolute atomic E-state index is 11.1. The van der Waals surface area contributed by atoms with Crippen LogP contribution in [0.15, 0.2) is 30.3 Å². The van der Waals surface area contributed by atoms with Gasteiger partial charge in [-0.3, -0.25) is 14.5 Å². The summed E-state index contributed by atoms with van der Waals surface area (Å²) in [6.45, 7) is 1.22. The van der Waals surface area contributed by atoms with Gasteiger partial charge in [0.1, 0.15) is 12.1 Å². The Morgan fingerprint density at radius 3 is 2.05 bits per heavy atom. The summed E-state index contributed by atoms with van der Waals surface area (Å²) in [5.41, 5.74) is 5.23. The van der Waals surface area contributed by atoms with Gasteiger partial charge >= 0.3 is 11.9 Å². The fraction of sp³-hybridized carbons (Fsp3) is 0.429. The SMILES string of the molecule is NCC(=O)O.O=C(O)C(C(O)c1ccccc1)N1CCC1. The van der Waals surface area contributed by atoms with Crippen LogP contribution in [-0.2, 0) is 9.59 Å². The van der Waals surface area contributed by atoms with E-state index in [9.17, 15) is 14.7 Å². The highest BCUT2D eigenvalue weighted by molar-refractivity contribution is 5.74. The normalized spacial score (nSPS) is 16.9. The van der Waals surface area contributed by atoms with E-state index in [0.29, 0.717) is 5.56 Å². The van der Waals surface area contributed by atoms with E-state index in [-0.39, 0.29) is 6.54 Å². The Morgan fingerprint density at radius 2 is 1.71 bits per heavy atom. The van der Waals surface area contributed by atoms with Crippen LogP contribution in [0.4, 0.5) is 0 Å². The quantitative estimate of drug-likeness (QED) is 0.598. The molecule has 2 rings (SSSR count). The largest absolute Gasteiger partial charge is 0.480 e. The Morgan fingerprint density at radius 1 is 1.19 bits per heavy atom. The molecule has 0 aromatic heterocycles. The van der Waals surface area contributed by atoms with Crippen LogP contribution in [0.1, 0.15) is 18.1 Å². The molecule has 1 aliphatic heterocycles. The monoisotopic (exact) mass is 296 g/mol. The molecule has 7 heteroatoms. The molecule has 0 saturated carbocycles. The smallest absolute Gasteiger partial charge is 0.324 e. The first-order valence-electron chi connectivity index (χ1n) is 6.59. The molecular formula is C14H20N2O5. The van der Waals surface area contributed by atoms with Crippen molar-refractivity contribution in [3.8, 4) is 0 Å². The predicted molar refractivity (Wildman–Crippen MR) is 75.7 cm³/mol. The van der Waals surface area contributed by atoms with E-state index < -0.39 is 24.1 Å². The Bertz CT molecular complexity index is 462.